The molecule has 0 spiro atoms. The Kier molecular flexibility index (Phi) is 3.30. The van der Waals surface area contributed by atoms with Crippen LogP contribution in [0.25, 0.3) is 0 Å². The van der Waals surface area contributed by atoms with Crippen LogP contribution >= 0.6 is 0 Å². The quantitative estimate of drug-likeness (QED) is 0.822. The maximum atomic E-state index is 6.22. The maximum absolute atomic E-state index is 6.22. The fourth-order valence-electron chi connectivity index (χ4n) is 2.37. The van der Waals surface area contributed by atoms with Gasteiger partial charge in [0.15, 0.2) is 0 Å². The van der Waals surface area contributed by atoms with E-state index in [1.807, 2.05) is 6.07 Å². The van der Waals surface area contributed by atoms with Crippen LogP contribution in [0, 0.1) is 0 Å². The van der Waals surface area contributed by atoms with Gasteiger partial charge in [0.25, 0.3) is 0 Å². The van der Waals surface area contributed by atoms with Crippen LogP contribution in [0.15, 0.2) is 42.6 Å². The summed E-state index contributed by atoms with van der Waals surface area (Å²) in [4.78, 5) is 2.33. The predicted molar refractivity (Wildman–Crippen MR) is 68.2 cm³/mol. The second-order valence-electron chi connectivity index (χ2n) is 4.65. The highest BCUT2D eigenvalue weighted by Crippen LogP contribution is 2.27. The molecule has 0 aromatic heterocycles. The van der Waals surface area contributed by atoms with Crippen LogP contribution in [0.2, 0.25) is 0 Å². The van der Waals surface area contributed by atoms with E-state index in [9.17, 15) is 0 Å². The molecule has 2 N–H and O–H groups in total. The van der Waals surface area contributed by atoms with Gasteiger partial charge in [-0.2, -0.15) is 0 Å². The molecule has 0 bridgehead atoms. The Labute approximate surface area is 97.8 Å². The molecule has 0 aliphatic carbocycles. The van der Waals surface area contributed by atoms with Crippen LogP contribution in [0.4, 0.5) is 0 Å². The summed E-state index contributed by atoms with van der Waals surface area (Å²) in [6.45, 7) is 8.13. The highest BCUT2D eigenvalue weighted by Gasteiger charge is 2.27. The Bertz CT molecular complexity index is 358. The number of allylic oxidation sites excluding steroid dienone is 1. The van der Waals surface area contributed by atoms with E-state index >= 15 is 0 Å². The molecule has 16 heavy (non-hydrogen) atoms. The number of nitrogens with zero attached hydrogens (tertiary/aromatic N) is 1. The molecule has 1 aromatic carbocycles. The summed E-state index contributed by atoms with van der Waals surface area (Å²) in [5.41, 5.74) is 8.71. The van der Waals surface area contributed by atoms with Gasteiger partial charge in [-0.15, -0.1) is 0 Å². The van der Waals surface area contributed by atoms with Crippen molar-refractivity contribution in [2.24, 2.45) is 5.73 Å². The zero-order valence-electron chi connectivity index (χ0n) is 9.89. The first-order chi connectivity index (χ1) is 7.68. The molecule has 1 saturated heterocycles. The van der Waals surface area contributed by atoms with Gasteiger partial charge in [0, 0.05) is 30.7 Å². The van der Waals surface area contributed by atoms with Gasteiger partial charge in [-0.05, 0) is 18.9 Å². The lowest BCUT2D eigenvalue weighted by atomic mass is 9.86. The Morgan fingerprint density at radius 2 is 2.06 bits per heavy atom. The summed E-state index contributed by atoms with van der Waals surface area (Å²) in [5, 5.41) is 0. The monoisotopic (exact) mass is 216 g/mol. The lowest BCUT2D eigenvalue weighted by molar-refractivity contribution is 0.236. The third kappa shape index (κ3) is 2.27. The molecule has 1 fully saturated rings. The van der Waals surface area contributed by atoms with Crippen LogP contribution < -0.4 is 5.73 Å². The van der Waals surface area contributed by atoms with E-state index in [4.69, 9.17) is 5.73 Å². The second-order valence-corrected chi connectivity index (χ2v) is 4.65. The molecule has 0 amide bonds. The summed E-state index contributed by atoms with van der Waals surface area (Å²) in [7, 11) is 0. The van der Waals surface area contributed by atoms with E-state index in [1.54, 1.807) is 0 Å². The normalized spacial score (nSPS) is 25.5. The molecule has 1 aliphatic rings. The molecule has 86 valence electrons. The van der Waals surface area contributed by atoms with Crippen molar-refractivity contribution in [2.75, 3.05) is 13.1 Å². The summed E-state index contributed by atoms with van der Waals surface area (Å²) >= 11 is 0. The zero-order valence-corrected chi connectivity index (χ0v) is 9.89. The highest BCUT2D eigenvalue weighted by atomic mass is 15.1. The number of nitrogens with two attached hydrogens (primary N) is 1. The SMILES string of the molecule is C=C(C)N1CCC(N)C(c2ccccc2)C1. The average Bonchev–Trinajstić information content (AvgIpc) is 2.30. The predicted octanol–water partition coefficient (Wildman–Crippen LogP) is 2.34. The highest BCUT2D eigenvalue weighted by molar-refractivity contribution is 5.23. The molecule has 2 nitrogen and oxygen atoms in total. The van der Waals surface area contributed by atoms with Gasteiger partial charge in [-0.1, -0.05) is 36.9 Å². The Balaban J connectivity index is 2.16. The standard InChI is InChI=1S/C14H20N2/c1-11(2)16-9-8-14(15)13(10-16)12-6-4-3-5-7-12/h3-7,13-14H,1,8-10,15H2,2H3. The molecule has 1 heterocycles. The summed E-state index contributed by atoms with van der Waals surface area (Å²) in [6.07, 6.45) is 1.05. The smallest absolute Gasteiger partial charge is 0.0258 e. The Morgan fingerprint density at radius 1 is 1.38 bits per heavy atom. The summed E-state index contributed by atoms with van der Waals surface area (Å²) < 4.78 is 0. The van der Waals surface area contributed by atoms with Crippen molar-refractivity contribution in [2.45, 2.75) is 25.3 Å². The van der Waals surface area contributed by atoms with Crippen molar-refractivity contribution < 1.29 is 0 Å². The molecule has 1 aromatic rings. The van der Waals surface area contributed by atoms with Crippen molar-refractivity contribution in [1.82, 2.24) is 4.90 Å². The molecular weight excluding hydrogens is 196 g/mol. The molecular formula is C14H20N2. The van der Waals surface area contributed by atoms with Gasteiger partial charge < -0.3 is 10.6 Å². The van der Waals surface area contributed by atoms with Crippen LogP contribution in [0.1, 0.15) is 24.8 Å². The van der Waals surface area contributed by atoms with E-state index in [0.717, 1.165) is 25.2 Å². The zero-order chi connectivity index (χ0) is 11.5. The summed E-state index contributed by atoms with van der Waals surface area (Å²) in [5.74, 6) is 0.437. The van der Waals surface area contributed by atoms with Crippen LogP contribution in [0.3, 0.4) is 0 Å². The van der Waals surface area contributed by atoms with Gasteiger partial charge in [0.1, 0.15) is 0 Å². The van der Waals surface area contributed by atoms with E-state index < -0.39 is 0 Å². The van der Waals surface area contributed by atoms with Crippen LogP contribution in [-0.2, 0) is 0 Å². The first-order valence-corrected chi connectivity index (χ1v) is 5.89. The number of piperidine rings is 1. The molecule has 2 heteroatoms. The first-order valence-electron chi connectivity index (χ1n) is 5.89. The topological polar surface area (TPSA) is 29.3 Å². The number of benzene rings is 1. The third-order valence-corrected chi connectivity index (χ3v) is 3.43. The largest absolute Gasteiger partial charge is 0.375 e. The van der Waals surface area contributed by atoms with Crippen molar-refractivity contribution in [1.29, 1.82) is 0 Å². The number of hydrogen-bond donors (Lipinski definition) is 1. The van der Waals surface area contributed by atoms with Gasteiger partial charge in [-0.25, -0.2) is 0 Å². The molecule has 0 radical (unpaired) electrons. The lowest BCUT2D eigenvalue weighted by Crippen LogP contribution is -2.44. The van der Waals surface area contributed by atoms with Crippen molar-refractivity contribution in [3.63, 3.8) is 0 Å². The number of hydrogen-bond acceptors (Lipinski definition) is 2. The maximum Gasteiger partial charge on any atom is 0.0258 e. The van der Waals surface area contributed by atoms with E-state index in [-0.39, 0.29) is 6.04 Å². The van der Waals surface area contributed by atoms with Gasteiger partial charge >= 0.3 is 0 Å². The first kappa shape index (κ1) is 11.2. The van der Waals surface area contributed by atoms with E-state index in [0.29, 0.717) is 5.92 Å². The molecule has 2 unspecified atom stereocenters. The van der Waals surface area contributed by atoms with Crippen molar-refractivity contribution in [3.8, 4) is 0 Å². The fraction of sp³-hybridized carbons (Fsp3) is 0.429. The average molecular weight is 216 g/mol. The minimum Gasteiger partial charge on any atom is -0.375 e. The lowest BCUT2D eigenvalue weighted by Gasteiger charge is -2.38. The van der Waals surface area contributed by atoms with Gasteiger partial charge in [0.2, 0.25) is 0 Å². The summed E-state index contributed by atoms with van der Waals surface area (Å²) in [6, 6.07) is 10.8. The van der Waals surface area contributed by atoms with Crippen molar-refractivity contribution >= 4 is 0 Å². The van der Waals surface area contributed by atoms with Crippen LogP contribution in [0.5, 0.6) is 0 Å². The van der Waals surface area contributed by atoms with E-state index in [2.05, 4.69) is 42.7 Å². The van der Waals surface area contributed by atoms with Crippen LogP contribution in [-0.4, -0.2) is 24.0 Å². The minimum absolute atomic E-state index is 0.276. The molecule has 0 saturated carbocycles. The van der Waals surface area contributed by atoms with Crippen molar-refractivity contribution in [3.05, 3.63) is 48.2 Å². The molecule has 1 aliphatic heterocycles. The third-order valence-electron chi connectivity index (χ3n) is 3.43. The second kappa shape index (κ2) is 4.71. The minimum atomic E-state index is 0.276. The Morgan fingerprint density at radius 3 is 2.69 bits per heavy atom. The van der Waals surface area contributed by atoms with E-state index in [1.165, 1.54) is 5.56 Å². The van der Waals surface area contributed by atoms with Gasteiger partial charge in [0.05, 0.1) is 0 Å². The number of rotatable bonds is 2. The van der Waals surface area contributed by atoms with Gasteiger partial charge in [-0.3, -0.25) is 0 Å². The molecule has 2 rings (SSSR count). The number of likely N-dealkylation sites (tertiary alicyclic amines) is 1. The molecule has 2 atom stereocenters. The Hall–Kier alpha value is -1.28. The fourth-order valence-corrected chi connectivity index (χ4v) is 2.37.